The van der Waals surface area contributed by atoms with Crippen LogP contribution in [0.4, 0.5) is 0 Å². The van der Waals surface area contributed by atoms with Crippen molar-refractivity contribution in [3.63, 3.8) is 0 Å². The zero-order chi connectivity index (χ0) is 8.77. The summed E-state index contributed by atoms with van der Waals surface area (Å²) in [5.74, 6) is -0.477. The molecule has 4 nitrogen and oxygen atoms in total. The maximum absolute atomic E-state index is 8.56. The molecule has 1 N–H and O–H groups in total. The molecule has 66 valence electrons. The first-order chi connectivity index (χ1) is 5.62. The van der Waals surface area contributed by atoms with Crippen LogP contribution >= 0.6 is 0 Å². The third kappa shape index (κ3) is 1.31. The highest BCUT2D eigenvalue weighted by molar-refractivity contribution is 5.15. The van der Waals surface area contributed by atoms with E-state index in [9.17, 15) is 0 Å². The zero-order valence-electron chi connectivity index (χ0n) is 7.20. The van der Waals surface area contributed by atoms with Crippen LogP contribution in [0.15, 0.2) is 0 Å². The molecule has 2 heterocycles. The average Bonchev–Trinajstić information content (AvgIpc) is 2.70. The van der Waals surface area contributed by atoms with E-state index in [2.05, 4.69) is 11.4 Å². The van der Waals surface area contributed by atoms with Gasteiger partial charge in [0.25, 0.3) is 0 Å². The van der Waals surface area contributed by atoms with Crippen LogP contribution in [0.1, 0.15) is 13.8 Å². The van der Waals surface area contributed by atoms with Gasteiger partial charge < -0.3 is 9.47 Å². The van der Waals surface area contributed by atoms with E-state index in [0.717, 1.165) is 0 Å². The Morgan fingerprint density at radius 2 is 2.33 bits per heavy atom. The van der Waals surface area contributed by atoms with Crippen LogP contribution in [-0.2, 0) is 9.47 Å². The molecule has 4 heteroatoms. The summed E-state index contributed by atoms with van der Waals surface area (Å²) in [5.41, 5.74) is 0. The molecule has 12 heavy (non-hydrogen) atoms. The van der Waals surface area contributed by atoms with Crippen molar-refractivity contribution in [3.05, 3.63) is 0 Å². The van der Waals surface area contributed by atoms with Gasteiger partial charge in [-0.2, -0.15) is 5.26 Å². The molecule has 2 aliphatic rings. The Hall–Kier alpha value is -0.630. The second kappa shape index (κ2) is 2.43. The molecule has 0 bridgehead atoms. The Balaban J connectivity index is 1.90. The van der Waals surface area contributed by atoms with Gasteiger partial charge in [-0.25, -0.2) is 0 Å². The third-order valence-electron chi connectivity index (χ3n) is 2.19. The summed E-state index contributed by atoms with van der Waals surface area (Å²) < 4.78 is 10.9. The van der Waals surface area contributed by atoms with Gasteiger partial charge in [-0.1, -0.05) is 0 Å². The van der Waals surface area contributed by atoms with E-state index in [1.807, 2.05) is 13.8 Å². The molecule has 0 aromatic carbocycles. The summed E-state index contributed by atoms with van der Waals surface area (Å²) in [6.45, 7) is 4.36. The number of rotatable bonds is 1. The van der Waals surface area contributed by atoms with Gasteiger partial charge in [-0.3, -0.25) is 5.32 Å². The fourth-order valence-corrected chi connectivity index (χ4v) is 1.48. The maximum atomic E-state index is 8.56. The van der Waals surface area contributed by atoms with E-state index in [-0.39, 0.29) is 18.2 Å². The van der Waals surface area contributed by atoms with E-state index in [1.165, 1.54) is 0 Å². The topological polar surface area (TPSA) is 64.2 Å². The third-order valence-corrected chi connectivity index (χ3v) is 2.19. The predicted molar refractivity (Wildman–Crippen MR) is 41.2 cm³/mol. The number of nitriles is 1. The highest BCUT2D eigenvalue weighted by Crippen LogP contribution is 2.29. The van der Waals surface area contributed by atoms with Gasteiger partial charge in [0.15, 0.2) is 5.79 Å². The van der Waals surface area contributed by atoms with Crippen molar-refractivity contribution in [2.75, 3.05) is 6.61 Å². The largest absolute Gasteiger partial charge is 0.348 e. The van der Waals surface area contributed by atoms with Crippen molar-refractivity contribution >= 4 is 0 Å². The summed E-state index contributed by atoms with van der Waals surface area (Å²) in [5, 5.41) is 11.6. The maximum Gasteiger partial charge on any atom is 0.163 e. The molecular formula is C8H12N2O2. The van der Waals surface area contributed by atoms with Gasteiger partial charge >= 0.3 is 0 Å². The Morgan fingerprint density at radius 3 is 2.75 bits per heavy atom. The minimum Gasteiger partial charge on any atom is -0.348 e. The van der Waals surface area contributed by atoms with E-state index < -0.39 is 5.79 Å². The molecule has 2 fully saturated rings. The molecule has 0 saturated carbocycles. The molecule has 2 saturated heterocycles. The lowest BCUT2D eigenvalue weighted by molar-refractivity contribution is -0.138. The second-order valence-corrected chi connectivity index (χ2v) is 3.67. The predicted octanol–water partition coefficient (Wildman–Crippen LogP) is 0.00188. The van der Waals surface area contributed by atoms with Crippen LogP contribution in [0.5, 0.6) is 0 Å². The summed E-state index contributed by atoms with van der Waals surface area (Å²) in [4.78, 5) is 0. The Bertz CT molecular complexity index is 234. The normalized spacial score (nSPS) is 43.9. The van der Waals surface area contributed by atoms with Gasteiger partial charge in [0.1, 0.15) is 12.1 Å². The number of nitrogens with one attached hydrogen (secondary N) is 1. The van der Waals surface area contributed by atoms with Crippen LogP contribution in [0, 0.1) is 11.3 Å². The minimum absolute atomic E-state index is 0.0347. The van der Waals surface area contributed by atoms with Crippen molar-refractivity contribution in [2.24, 2.45) is 0 Å². The molecule has 3 atom stereocenters. The molecule has 0 radical (unpaired) electrons. The fourth-order valence-electron chi connectivity index (χ4n) is 1.48. The van der Waals surface area contributed by atoms with E-state index in [0.29, 0.717) is 6.61 Å². The van der Waals surface area contributed by atoms with E-state index in [4.69, 9.17) is 14.7 Å². The van der Waals surface area contributed by atoms with Crippen LogP contribution in [0.25, 0.3) is 0 Å². The van der Waals surface area contributed by atoms with Gasteiger partial charge in [-0.05, 0) is 13.8 Å². The molecule has 0 spiro atoms. The molecule has 2 aliphatic heterocycles. The van der Waals surface area contributed by atoms with Gasteiger partial charge in [-0.15, -0.1) is 0 Å². The van der Waals surface area contributed by atoms with Crippen molar-refractivity contribution in [2.45, 2.75) is 37.8 Å². The van der Waals surface area contributed by atoms with Crippen LogP contribution in [-0.4, -0.2) is 30.6 Å². The standard InChI is InChI=1S/C8H12N2O2/c1-8(2)11-4-6(12-8)7-5(3-9)10-7/h5-7,10H,4H2,1-2H3/t5-,6+,7-/m0/s1. The summed E-state index contributed by atoms with van der Waals surface area (Å²) in [6.07, 6.45) is 0.0460. The van der Waals surface area contributed by atoms with Crippen molar-refractivity contribution in [3.8, 4) is 6.07 Å². The highest BCUT2D eigenvalue weighted by Gasteiger charge is 2.48. The molecule has 0 aliphatic carbocycles. The number of hydrogen-bond donors (Lipinski definition) is 1. The van der Waals surface area contributed by atoms with Gasteiger partial charge in [0.2, 0.25) is 0 Å². The Labute approximate surface area is 71.5 Å². The first-order valence-electron chi connectivity index (χ1n) is 4.10. The summed E-state index contributed by atoms with van der Waals surface area (Å²) in [7, 11) is 0. The number of hydrogen-bond acceptors (Lipinski definition) is 4. The van der Waals surface area contributed by atoms with Crippen molar-refractivity contribution < 1.29 is 9.47 Å². The van der Waals surface area contributed by atoms with Crippen molar-refractivity contribution in [1.82, 2.24) is 5.32 Å². The summed E-state index contributed by atoms with van der Waals surface area (Å²) >= 11 is 0. The zero-order valence-corrected chi connectivity index (χ0v) is 7.20. The lowest BCUT2D eigenvalue weighted by Crippen LogP contribution is -2.25. The smallest absolute Gasteiger partial charge is 0.163 e. The van der Waals surface area contributed by atoms with E-state index in [1.54, 1.807) is 0 Å². The quantitative estimate of drug-likeness (QED) is 0.560. The SMILES string of the molecule is CC1(C)OC[C@H]([C@H]2N[C@H]2C#N)O1. The number of nitrogens with zero attached hydrogens (tertiary/aromatic N) is 1. The van der Waals surface area contributed by atoms with E-state index >= 15 is 0 Å². The minimum atomic E-state index is -0.477. The van der Waals surface area contributed by atoms with Gasteiger partial charge in [0.05, 0.1) is 18.7 Å². The molecular weight excluding hydrogens is 156 g/mol. The fraction of sp³-hybridized carbons (Fsp3) is 0.875. The first-order valence-corrected chi connectivity index (χ1v) is 4.10. The summed E-state index contributed by atoms with van der Waals surface area (Å²) in [6, 6.07) is 2.29. The van der Waals surface area contributed by atoms with Crippen LogP contribution in [0.2, 0.25) is 0 Å². The lowest BCUT2D eigenvalue weighted by Gasteiger charge is -2.16. The van der Waals surface area contributed by atoms with Gasteiger partial charge in [0, 0.05) is 0 Å². The lowest BCUT2D eigenvalue weighted by atomic mass is 10.2. The average molecular weight is 168 g/mol. The second-order valence-electron chi connectivity index (χ2n) is 3.67. The molecule has 0 aromatic heterocycles. The Morgan fingerprint density at radius 1 is 1.58 bits per heavy atom. The molecule has 0 aromatic rings. The first kappa shape index (κ1) is 7.99. The Kier molecular flexibility index (Phi) is 1.62. The monoisotopic (exact) mass is 168 g/mol. The van der Waals surface area contributed by atoms with Crippen molar-refractivity contribution in [1.29, 1.82) is 5.26 Å². The molecule has 2 rings (SSSR count). The molecule has 0 amide bonds. The highest BCUT2D eigenvalue weighted by atomic mass is 16.7. The van der Waals surface area contributed by atoms with Crippen LogP contribution in [0.3, 0.4) is 0 Å². The number of ether oxygens (including phenoxy) is 2. The molecule has 0 unspecified atom stereocenters. The van der Waals surface area contributed by atoms with Crippen LogP contribution < -0.4 is 5.32 Å².